The number of likely N-dealkylation sites (tertiary alicyclic amines) is 2. The zero-order valence-electron chi connectivity index (χ0n) is 30.2. The zero-order valence-corrected chi connectivity index (χ0v) is 30.2. The lowest BCUT2D eigenvalue weighted by molar-refractivity contribution is -0.147. The van der Waals surface area contributed by atoms with E-state index in [4.69, 9.17) is 5.73 Å². The average Bonchev–Trinajstić information content (AvgIpc) is 3.96. The zero-order chi connectivity index (χ0) is 37.4. The Labute approximate surface area is 304 Å². The summed E-state index contributed by atoms with van der Waals surface area (Å²) in [4.78, 5) is 87.2. The molecule has 0 saturated carbocycles. The molecule has 15 heteroatoms. The fraction of sp³-hybridized carbons (Fsp3) is 0.622. The number of nitrogens with two attached hydrogens (primary N) is 1. The number of nitrogens with zero attached hydrogens (tertiary/aromatic N) is 2. The second kappa shape index (κ2) is 17.8. The number of fused-ring (bicyclic) bond motifs is 1. The molecule has 1 aromatic heterocycles. The monoisotopic (exact) mass is 722 g/mol. The van der Waals surface area contributed by atoms with Gasteiger partial charge in [0.1, 0.15) is 30.2 Å². The van der Waals surface area contributed by atoms with Crippen LogP contribution in [0.3, 0.4) is 0 Å². The van der Waals surface area contributed by atoms with Gasteiger partial charge in [-0.2, -0.15) is 0 Å². The number of para-hydroxylation sites is 1. The van der Waals surface area contributed by atoms with E-state index in [1.54, 1.807) is 29.8 Å². The Morgan fingerprint density at radius 1 is 0.865 bits per heavy atom. The maximum absolute atomic E-state index is 14.1. The lowest BCUT2D eigenvalue weighted by Crippen LogP contribution is -2.60. The molecule has 0 radical (unpaired) electrons. The Morgan fingerprint density at radius 3 is 2.25 bits per heavy atom. The smallest absolute Gasteiger partial charge is 0.326 e. The normalized spacial score (nSPS) is 22.0. The van der Waals surface area contributed by atoms with Crippen LogP contribution in [0.5, 0.6) is 0 Å². The fourth-order valence-electron chi connectivity index (χ4n) is 7.68. The summed E-state index contributed by atoms with van der Waals surface area (Å²) in [6.45, 7) is 5.51. The number of aliphatic carboxylic acids is 1. The van der Waals surface area contributed by atoms with E-state index in [9.17, 15) is 33.9 Å². The number of carboxylic acids is 1. The predicted molar refractivity (Wildman–Crippen MR) is 194 cm³/mol. The molecule has 5 rings (SSSR count). The third-order valence-corrected chi connectivity index (χ3v) is 10.6. The molecule has 0 aliphatic carbocycles. The first-order valence-corrected chi connectivity index (χ1v) is 18.7. The van der Waals surface area contributed by atoms with E-state index in [0.717, 1.165) is 35.9 Å². The molecular formula is C37H54N8O7. The third kappa shape index (κ3) is 9.10. The van der Waals surface area contributed by atoms with E-state index in [1.165, 1.54) is 0 Å². The molecular weight excluding hydrogens is 668 g/mol. The van der Waals surface area contributed by atoms with E-state index in [2.05, 4.69) is 26.3 Å². The first-order valence-electron chi connectivity index (χ1n) is 18.7. The predicted octanol–water partition coefficient (Wildman–Crippen LogP) is 0.768. The van der Waals surface area contributed by atoms with E-state index in [1.807, 2.05) is 24.3 Å². The summed E-state index contributed by atoms with van der Waals surface area (Å²) in [6.07, 6.45) is 7.06. The number of unbranched alkanes of at least 4 members (excludes halogenated alkanes) is 1. The fourth-order valence-corrected chi connectivity index (χ4v) is 7.68. The van der Waals surface area contributed by atoms with Crippen LogP contribution in [-0.2, 0) is 35.2 Å². The molecule has 52 heavy (non-hydrogen) atoms. The molecule has 0 unspecified atom stereocenters. The number of hydrogen-bond acceptors (Lipinski definition) is 8. The number of H-pyrrole nitrogens is 1. The second-order valence-corrected chi connectivity index (χ2v) is 14.6. The van der Waals surface area contributed by atoms with E-state index >= 15 is 0 Å². The standard InChI is InChI=1S/C37H54N8O7/c1-22(2)31(34(48)41-27(37(51)52)12-5-6-16-38)43-32(46)28(20-23-21-40-25-11-4-3-10-24(23)25)42-33(47)29-14-8-18-44(29)36(50)30-15-9-19-45(30)35(49)26-13-7-17-39-26/h3-4,10-11,21-22,26-31,39-40H,5-9,12-20,38H2,1-2H3,(H,41,48)(H,42,47)(H,43,46)(H,51,52)/t26-,27-,28-,29-,30-,31-/m0/s1. The number of nitrogens with one attached hydrogen (secondary N) is 5. The minimum atomic E-state index is -1.18. The number of rotatable bonds is 16. The first kappa shape index (κ1) is 38.7. The van der Waals surface area contributed by atoms with Crippen molar-refractivity contribution in [2.75, 3.05) is 26.2 Å². The van der Waals surface area contributed by atoms with Crippen molar-refractivity contribution in [1.82, 2.24) is 36.1 Å². The molecule has 2 aromatic rings. The van der Waals surface area contributed by atoms with Crippen LogP contribution in [0.2, 0.25) is 0 Å². The second-order valence-electron chi connectivity index (χ2n) is 14.6. The van der Waals surface area contributed by atoms with Crippen LogP contribution in [-0.4, -0.2) is 118 Å². The molecule has 4 heterocycles. The van der Waals surface area contributed by atoms with E-state index < -0.39 is 59.8 Å². The molecule has 1 aromatic carbocycles. The molecule has 3 saturated heterocycles. The van der Waals surface area contributed by atoms with Gasteiger partial charge in [-0.15, -0.1) is 0 Å². The molecule has 0 spiro atoms. The number of benzene rings is 1. The number of carbonyl (C=O) groups is 6. The number of hydrogen-bond donors (Lipinski definition) is 7. The number of carboxylic acid groups (broad SMARTS) is 1. The van der Waals surface area contributed by atoms with Gasteiger partial charge < -0.3 is 46.9 Å². The van der Waals surface area contributed by atoms with Gasteiger partial charge in [0.05, 0.1) is 6.04 Å². The molecule has 284 valence electrons. The molecule has 15 nitrogen and oxygen atoms in total. The lowest BCUT2D eigenvalue weighted by atomic mass is 9.99. The first-order chi connectivity index (χ1) is 25.0. The van der Waals surface area contributed by atoms with Crippen molar-refractivity contribution in [3.63, 3.8) is 0 Å². The maximum Gasteiger partial charge on any atom is 0.326 e. The maximum atomic E-state index is 14.1. The van der Waals surface area contributed by atoms with Gasteiger partial charge in [0.2, 0.25) is 29.5 Å². The Balaban J connectivity index is 1.33. The third-order valence-electron chi connectivity index (χ3n) is 10.6. The highest BCUT2D eigenvalue weighted by Crippen LogP contribution is 2.27. The van der Waals surface area contributed by atoms with Gasteiger partial charge in [-0.1, -0.05) is 32.0 Å². The highest BCUT2D eigenvalue weighted by atomic mass is 16.4. The summed E-state index contributed by atoms with van der Waals surface area (Å²) >= 11 is 0. The number of aromatic amines is 1. The lowest BCUT2D eigenvalue weighted by Gasteiger charge is -2.33. The van der Waals surface area contributed by atoms with E-state index in [-0.39, 0.29) is 30.7 Å². The molecule has 8 N–H and O–H groups in total. The minimum Gasteiger partial charge on any atom is -0.480 e. The van der Waals surface area contributed by atoms with Crippen molar-refractivity contribution in [2.24, 2.45) is 11.7 Å². The van der Waals surface area contributed by atoms with Crippen LogP contribution in [0.15, 0.2) is 30.5 Å². The average molecular weight is 723 g/mol. The van der Waals surface area contributed by atoms with Crippen LogP contribution in [0.1, 0.15) is 77.2 Å². The van der Waals surface area contributed by atoms with Crippen molar-refractivity contribution >= 4 is 46.4 Å². The quantitative estimate of drug-likeness (QED) is 0.122. The molecule has 5 amide bonds. The van der Waals surface area contributed by atoms with Crippen molar-refractivity contribution in [1.29, 1.82) is 0 Å². The van der Waals surface area contributed by atoms with Gasteiger partial charge >= 0.3 is 5.97 Å². The Hall–Kier alpha value is -4.50. The molecule has 3 aliphatic rings. The van der Waals surface area contributed by atoms with Crippen LogP contribution < -0.4 is 27.0 Å². The summed E-state index contributed by atoms with van der Waals surface area (Å²) in [5.74, 6) is -3.67. The van der Waals surface area contributed by atoms with Gasteiger partial charge in [0.25, 0.3) is 0 Å². The summed E-state index contributed by atoms with van der Waals surface area (Å²) in [5, 5.41) is 22.1. The number of amides is 5. The Morgan fingerprint density at radius 2 is 1.58 bits per heavy atom. The van der Waals surface area contributed by atoms with Gasteiger partial charge in [-0.05, 0) is 88.4 Å². The van der Waals surface area contributed by atoms with Crippen LogP contribution in [0.25, 0.3) is 10.9 Å². The van der Waals surface area contributed by atoms with Crippen molar-refractivity contribution < 1.29 is 33.9 Å². The highest BCUT2D eigenvalue weighted by molar-refractivity contribution is 5.97. The van der Waals surface area contributed by atoms with Gasteiger partial charge in [-0.25, -0.2) is 4.79 Å². The molecule has 3 aliphatic heterocycles. The summed E-state index contributed by atoms with van der Waals surface area (Å²) < 4.78 is 0. The van der Waals surface area contributed by atoms with Gasteiger partial charge in [0, 0.05) is 36.6 Å². The van der Waals surface area contributed by atoms with Crippen molar-refractivity contribution in [3.8, 4) is 0 Å². The minimum absolute atomic E-state index is 0.0713. The molecule has 6 atom stereocenters. The highest BCUT2D eigenvalue weighted by Gasteiger charge is 2.44. The summed E-state index contributed by atoms with van der Waals surface area (Å²) in [7, 11) is 0. The van der Waals surface area contributed by atoms with Crippen LogP contribution >= 0.6 is 0 Å². The Kier molecular flexibility index (Phi) is 13.3. The Bertz CT molecular complexity index is 1610. The number of carbonyl (C=O) groups excluding carboxylic acids is 5. The van der Waals surface area contributed by atoms with Gasteiger partial charge in [-0.3, -0.25) is 24.0 Å². The SMILES string of the molecule is CC(C)[C@H](NC(=O)[C@H](Cc1c[nH]c2ccccc12)NC(=O)[C@@H]1CCCN1C(=O)[C@@H]1CCCN1C(=O)[C@@H]1CCCN1)C(=O)N[C@@H](CCCCN)C(=O)O. The van der Waals surface area contributed by atoms with Crippen molar-refractivity contribution in [2.45, 2.75) is 114 Å². The van der Waals surface area contributed by atoms with Crippen LogP contribution in [0, 0.1) is 5.92 Å². The van der Waals surface area contributed by atoms with Gasteiger partial charge in [0.15, 0.2) is 0 Å². The van der Waals surface area contributed by atoms with E-state index in [0.29, 0.717) is 58.2 Å². The topological polar surface area (TPSA) is 219 Å². The molecule has 3 fully saturated rings. The number of aromatic nitrogens is 1. The summed E-state index contributed by atoms with van der Waals surface area (Å²) in [5.41, 5.74) is 7.18. The van der Waals surface area contributed by atoms with Crippen LogP contribution in [0.4, 0.5) is 0 Å². The largest absolute Gasteiger partial charge is 0.480 e. The van der Waals surface area contributed by atoms with Crippen molar-refractivity contribution in [3.05, 3.63) is 36.0 Å². The summed E-state index contributed by atoms with van der Waals surface area (Å²) in [6, 6.07) is 2.45. The molecule has 0 bridgehead atoms.